The van der Waals surface area contributed by atoms with Gasteiger partial charge in [0.05, 0.1) is 4.92 Å². The van der Waals surface area contributed by atoms with Crippen molar-refractivity contribution in [1.82, 2.24) is 9.80 Å². The van der Waals surface area contributed by atoms with E-state index in [1.807, 2.05) is 13.8 Å². The molecule has 1 aliphatic rings. The van der Waals surface area contributed by atoms with Gasteiger partial charge in [-0.25, -0.2) is 4.39 Å². The highest BCUT2D eigenvalue weighted by Crippen LogP contribution is 2.29. The van der Waals surface area contributed by atoms with Crippen molar-refractivity contribution in [2.45, 2.75) is 32.5 Å². The highest BCUT2D eigenvalue weighted by atomic mass is 19.1. The van der Waals surface area contributed by atoms with E-state index in [0.29, 0.717) is 19.6 Å². The highest BCUT2D eigenvalue weighted by molar-refractivity contribution is 5.78. The summed E-state index contributed by atoms with van der Waals surface area (Å²) >= 11 is 0. The molecule has 8 nitrogen and oxygen atoms in total. The van der Waals surface area contributed by atoms with E-state index < -0.39 is 4.92 Å². The number of hydrogen-bond acceptors (Lipinski definition) is 6. The Balaban J connectivity index is 1.60. The van der Waals surface area contributed by atoms with E-state index in [2.05, 4.69) is 4.90 Å². The number of nitrogens with zero attached hydrogens (tertiary/aromatic N) is 3. The third kappa shape index (κ3) is 5.04. The first-order valence-electron chi connectivity index (χ1n) is 9.69. The van der Waals surface area contributed by atoms with Crippen molar-refractivity contribution in [3.05, 3.63) is 64.0 Å². The van der Waals surface area contributed by atoms with Gasteiger partial charge in [0.2, 0.25) is 0 Å². The fourth-order valence-electron chi connectivity index (χ4n) is 3.61. The lowest BCUT2D eigenvalue weighted by molar-refractivity contribution is -0.385. The minimum atomic E-state index is -0.588. The number of nitro benzene ring substituents is 1. The maximum absolute atomic E-state index is 13.1. The predicted molar refractivity (Wildman–Crippen MR) is 110 cm³/mol. The topological polar surface area (TPSA) is 102 Å². The van der Waals surface area contributed by atoms with Crippen molar-refractivity contribution in [3.63, 3.8) is 0 Å². The van der Waals surface area contributed by atoms with Crippen LogP contribution in [0.5, 0.6) is 5.75 Å². The van der Waals surface area contributed by atoms with E-state index in [1.54, 1.807) is 17.0 Å². The van der Waals surface area contributed by atoms with Crippen LogP contribution in [-0.4, -0.2) is 52.4 Å². The molecule has 2 atom stereocenters. The second-order valence-electron chi connectivity index (χ2n) is 7.57. The lowest BCUT2D eigenvalue weighted by atomic mass is 10.1. The Bertz CT molecular complexity index is 922. The summed E-state index contributed by atoms with van der Waals surface area (Å²) in [6.07, 6.45) is 0. The molecule has 0 saturated carbocycles. The van der Waals surface area contributed by atoms with Crippen LogP contribution in [0.2, 0.25) is 0 Å². The molecule has 1 heterocycles. The van der Waals surface area contributed by atoms with Gasteiger partial charge >= 0.3 is 5.69 Å². The number of anilines is 1. The monoisotopic (exact) mass is 416 g/mol. The SMILES string of the molecule is CC1CN(C(=O)COc2ccc(N)cc2[N+](=O)[O-])C(C)CN1Cc1ccc(F)cc1. The molecular formula is C21H25FN4O4. The summed E-state index contributed by atoms with van der Waals surface area (Å²) in [5.41, 5.74) is 6.58. The number of carbonyl (C=O) groups is 1. The molecule has 3 rings (SSSR count). The first kappa shape index (κ1) is 21.5. The van der Waals surface area contributed by atoms with Crippen LogP contribution in [0, 0.1) is 15.9 Å². The summed E-state index contributed by atoms with van der Waals surface area (Å²) in [6.45, 7) is 5.52. The zero-order valence-corrected chi connectivity index (χ0v) is 17.0. The first-order valence-corrected chi connectivity index (χ1v) is 9.69. The number of benzene rings is 2. The Morgan fingerprint density at radius 1 is 1.20 bits per heavy atom. The average Bonchev–Trinajstić information content (AvgIpc) is 2.70. The van der Waals surface area contributed by atoms with Crippen molar-refractivity contribution >= 4 is 17.3 Å². The molecule has 2 N–H and O–H groups in total. The molecule has 0 bridgehead atoms. The van der Waals surface area contributed by atoms with Crippen LogP contribution < -0.4 is 10.5 Å². The summed E-state index contributed by atoms with van der Waals surface area (Å²) in [5, 5.41) is 11.2. The van der Waals surface area contributed by atoms with Gasteiger partial charge in [0, 0.05) is 43.5 Å². The smallest absolute Gasteiger partial charge is 0.312 e. The van der Waals surface area contributed by atoms with Crippen LogP contribution in [0.4, 0.5) is 15.8 Å². The van der Waals surface area contributed by atoms with Gasteiger partial charge in [-0.05, 0) is 43.7 Å². The maximum atomic E-state index is 13.1. The second-order valence-corrected chi connectivity index (χ2v) is 7.57. The fraction of sp³-hybridized carbons (Fsp3) is 0.381. The van der Waals surface area contributed by atoms with Gasteiger partial charge in [0.25, 0.3) is 5.91 Å². The standard InChI is InChI=1S/C21H25FN4O4/c1-14-11-25(15(2)10-24(14)12-16-3-5-17(22)6-4-16)21(27)13-30-20-8-7-18(23)9-19(20)26(28)29/h3-9,14-15H,10-13,23H2,1-2H3. The fourth-order valence-corrected chi connectivity index (χ4v) is 3.61. The zero-order valence-electron chi connectivity index (χ0n) is 17.0. The zero-order chi connectivity index (χ0) is 21.8. The number of carbonyl (C=O) groups excluding carboxylic acids is 1. The van der Waals surface area contributed by atoms with Gasteiger partial charge in [-0.3, -0.25) is 19.8 Å². The first-order chi connectivity index (χ1) is 14.2. The van der Waals surface area contributed by atoms with E-state index in [4.69, 9.17) is 10.5 Å². The Hall–Kier alpha value is -3.20. The molecule has 0 aliphatic carbocycles. The number of nitrogen functional groups attached to an aromatic ring is 1. The Kier molecular flexibility index (Phi) is 6.51. The van der Waals surface area contributed by atoms with E-state index in [9.17, 15) is 19.3 Å². The molecule has 2 aromatic carbocycles. The van der Waals surface area contributed by atoms with Crippen molar-refractivity contribution in [2.24, 2.45) is 0 Å². The highest BCUT2D eigenvalue weighted by Gasteiger charge is 2.32. The number of rotatable bonds is 6. The number of halogens is 1. The van der Waals surface area contributed by atoms with Crippen molar-refractivity contribution in [3.8, 4) is 5.75 Å². The molecular weight excluding hydrogens is 391 g/mol. The van der Waals surface area contributed by atoms with E-state index in [-0.39, 0.29) is 47.5 Å². The molecule has 1 saturated heterocycles. The molecule has 1 amide bonds. The Morgan fingerprint density at radius 3 is 2.57 bits per heavy atom. The molecule has 1 aliphatic heterocycles. The lowest BCUT2D eigenvalue weighted by Gasteiger charge is -2.44. The molecule has 9 heteroatoms. The molecule has 30 heavy (non-hydrogen) atoms. The largest absolute Gasteiger partial charge is 0.477 e. The molecule has 0 spiro atoms. The third-order valence-corrected chi connectivity index (χ3v) is 5.27. The van der Waals surface area contributed by atoms with Crippen LogP contribution in [0.3, 0.4) is 0 Å². The summed E-state index contributed by atoms with van der Waals surface area (Å²) in [7, 11) is 0. The molecule has 1 fully saturated rings. The minimum Gasteiger partial charge on any atom is -0.477 e. The third-order valence-electron chi connectivity index (χ3n) is 5.27. The average molecular weight is 416 g/mol. The van der Waals surface area contributed by atoms with Gasteiger partial charge in [-0.1, -0.05) is 12.1 Å². The van der Waals surface area contributed by atoms with Gasteiger partial charge in [-0.2, -0.15) is 0 Å². The predicted octanol–water partition coefficient (Wildman–Crippen LogP) is 2.82. The van der Waals surface area contributed by atoms with Crippen LogP contribution >= 0.6 is 0 Å². The van der Waals surface area contributed by atoms with E-state index in [0.717, 1.165) is 5.56 Å². The number of ether oxygens (including phenoxy) is 1. The van der Waals surface area contributed by atoms with E-state index in [1.165, 1.54) is 30.3 Å². The lowest BCUT2D eigenvalue weighted by Crippen LogP contribution is -2.58. The van der Waals surface area contributed by atoms with Crippen molar-refractivity contribution in [2.75, 3.05) is 25.4 Å². The molecule has 0 radical (unpaired) electrons. The number of amides is 1. The van der Waals surface area contributed by atoms with Crippen LogP contribution in [0.1, 0.15) is 19.4 Å². The Labute approximate surface area is 174 Å². The second kappa shape index (κ2) is 9.08. The summed E-state index contributed by atoms with van der Waals surface area (Å²) in [6, 6.07) is 10.5. The van der Waals surface area contributed by atoms with Crippen LogP contribution in [0.15, 0.2) is 42.5 Å². The molecule has 0 aromatic heterocycles. The Morgan fingerprint density at radius 2 is 1.90 bits per heavy atom. The number of nitrogens with two attached hydrogens (primary N) is 1. The van der Waals surface area contributed by atoms with E-state index >= 15 is 0 Å². The number of hydrogen-bond donors (Lipinski definition) is 1. The summed E-state index contributed by atoms with van der Waals surface area (Å²) in [4.78, 5) is 27.3. The van der Waals surface area contributed by atoms with Crippen LogP contribution in [-0.2, 0) is 11.3 Å². The summed E-state index contributed by atoms with van der Waals surface area (Å²) < 4.78 is 18.6. The maximum Gasteiger partial charge on any atom is 0.312 e. The normalized spacial score (nSPS) is 19.5. The van der Waals surface area contributed by atoms with Gasteiger partial charge in [-0.15, -0.1) is 0 Å². The minimum absolute atomic E-state index is 0.0122. The van der Waals surface area contributed by atoms with Gasteiger partial charge in [0.1, 0.15) is 5.82 Å². The quantitative estimate of drug-likeness (QED) is 0.441. The van der Waals surface area contributed by atoms with Crippen molar-refractivity contribution in [1.29, 1.82) is 0 Å². The number of nitro groups is 1. The van der Waals surface area contributed by atoms with Crippen molar-refractivity contribution < 1.29 is 18.8 Å². The van der Waals surface area contributed by atoms with Gasteiger partial charge < -0.3 is 15.4 Å². The number of piperazine rings is 1. The van der Waals surface area contributed by atoms with Gasteiger partial charge in [0.15, 0.2) is 12.4 Å². The van der Waals surface area contributed by atoms with Crippen LogP contribution in [0.25, 0.3) is 0 Å². The molecule has 2 aromatic rings. The molecule has 2 unspecified atom stereocenters. The summed E-state index contributed by atoms with van der Waals surface area (Å²) in [5.74, 6) is -0.489. The molecule has 160 valence electrons.